The minimum atomic E-state index is -0.774. The molecule has 1 aromatic heterocycles. The Hall–Kier alpha value is -0.950. The van der Waals surface area contributed by atoms with Crippen LogP contribution >= 0.6 is 0 Å². The van der Waals surface area contributed by atoms with Crippen LogP contribution in [0.4, 0.5) is 6.01 Å². The number of nitrogens with zero attached hydrogens (tertiary/aromatic N) is 2. The number of nitrogens with one attached hydrogen (secondary N) is 2. The van der Waals surface area contributed by atoms with Crippen molar-refractivity contribution in [3.8, 4) is 0 Å². The van der Waals surface area contributed by atoms with Crippen LogP contribution in [0.25, 0.3) is 0 Å². The van der Waals surface area contributed by atoms with Gasteiger partial charge in [0.05, 0.1) is 6.54 Å². The van der Waals surface area contributed by atoms with E-state index in [2.05, 4.69) is 41.6 Å². The predicted molar refractivity (Wildman–Crippen MR) is 72.9 cm³/mol. The van der Waals surface area contributed by atoms with E-state index < -0.39 is 10.8 Å². The predicted octanol–water partition coefficient (Wildman–Crippen LogP) is 1.14. The fourth-order valence-corrected chi connectivity index (χ4v) is 1.77. The Morgan fingerprint density at radius 2 is 2.06 bits per heavy atom. The van der Waals surface area contributed by atoms with Crippen molar-refractivity contribution in [2.75, 3.05) is 23.4 Å². The van der Waals surface area contributed by atoms with E-state index in [1.165, 1.54) is 0 Å². The number of hydrogen-bond donors (Lipinski definition) is 2. The van der Waals surface area contributed by atoms with Crippen LogP contribution in [-0.4, -0.2) is 38.0 Å². The van der Waals surface area contributed by atoms with Gasteiger partial charge in [-0.05, 0) is 20.8 Å². The summed E-state index contributed by atoms with van der Waals surface area (Å²) in [5.74, 6) is 1.81. The van der Waals surface area contributed by atoms with Gasteiger partial charge in [-0.1, -0.05) is 12.0 Å². The normalized spacial score (nSPS) is 13.6. The van der Waals surface area contributed by atoms with Gasteiger partial charge in [0.2, 0.25) is 5.89 Å². The molecule has 0 fully saturated rings. The summed E-state index contributed by atoms with van der Waals surface area (Å²) in [6.45, 7) is 9.24. The highest BCUT2D eigenvalue weighted by molar-refractivity contribution is 7.84. The molecule has 0 aliphatic heterocycles. The quantitative estimate of drug-likeness (QED) is 0.776. The minimum absolute atomic E-state index is 0.0140. The summed E-state index contributed by atoms with van der Waals surface area (Å²) < 4.78 is 16.6. The largest absolute Gasteiger partial charge is 0.407 e. The van der Waals surface area contributed by atoms with Crippen molar-refractivity contribution < 1.29 is 8.63 Å². The molecule has 0 amide bonds. The lowest BCUT2D eigenvalue weighted by molar-refractivity contribution is 0.384. The van der Waals surface area contributed by atoms with Crippen molar-refractivity contribution in [1.29, 1.82) is 0 Å². The molecule has 7 heteroatoms. The average molecular weight is 274 g/mol. The van der Waals surface area contributed by atoms with Gasteiger partial charge in [0.25, 0.3) is 0 Å². The highest BCUT2D eigenvalue weighted by atomic mass is 32.2. The van der Waals surface area contributed by atoms with Gasteiger partial charge in [0, 0.05) is 34.4 Å². The van der Waals surface area contributed by atoms with Crippen molar-refractivity contribution in [3.63, 3.8) is 0 Å². The van der Waals surface area contributed by atoms with Crippen molar-refractivity contribution in [3.05, 3.63) is 5.89 Å². The highest BCUT2D eigenvalue weighted by Crippen LogP contribution is 2.07. The summed E-state index contributed by atoms with van der Waals surface area (Å²) in [7, 11) is -0.774. The zero-order valence-corrected chi connectivity index (χ0v) is 12.3. The molecule has 0 bridgehead atoms. The fraction of sp³-hybridized carbons (Fsp3) is 0.818. The molecule has 0 spiro atoms. The van der Waals surface area contributed by atoms with Gasteiger partial charge < -0.3 is 15.1 Å². The van der Waals surface area contributed by atoms with Crippen molar-refractivity contribution in [2.24, 2.45) is 0 Å². The lowest BCUT2D eigenvalue weighted by Gasteiger charge is -2.18. The summed E-state index contributed by atoms with van der Waals surface area (Å²) in [4.78, 5) is 0. The van der Waals surface area contributed by atoms with E-state index >= 15 is 0 Å². The van der Waals surface area contributed by atoms with Gasteiger partial charge in [-0.15, -0.1) is 5.10 Å². The lowest BCUT2D eigenvalue weighted by atomic mass is 10.1. The van der Waals surface area contributed by atoms with Crippen molar-refractivity contribution in [1.82, 2.24) is 15.5 Å². The SMILES string of the molecule is CCS(=O)CCNc1nnc(CNC(C)(C)C)o1. The van der Waals surface area contributed by atoms with Gasteiger partial charge in [-0.25, -0.2) is 0 Å². The highest BCUT2D eigenvalue weighted by Gasteiger charge is 2.12. The third kappa shape index (κ3) is 6.11. The first kappa shape index (κ1) is 15.1. The molecule has 1 unspecified atom stereocenters. The second kappa shape index (κ2) is 6.84. The molecular weight excluding hydrogens is 252 g/mol. The second-order valence-electron chi connectivity index (χ2n) is 4.96. The standard InChI is InChI=1S/C11H22N4O2S/c1-5-18(16)7-6-12-10-15-14-9(17-10)8-13-11(2,3)4/h13H,5-8H2,1-4H3,(H,12,15). The summed E-state index contributed by atoms with van der Waals surface area (Å²) in [5.41, 5.74) is 0.0140. The van der Waals surface area contributed by atoms with E-state index in [1.54, 1.807) is 0 Å². The second-order valence-corrected chi connectivity index (χ2v) is 6.83. The summed E-state index contributed by atoms with van der Waals surface area (Å²) in [5, 5.41) is 14.0. The first-order chi connectivity index (χ1) is 8.40. The molecule has 0 saturated heterocycles. The van der Waals surface area contributed by atoms with Crippen LogP contribution in [0.1, 0.15) is 33.6 Å². The van der Waals surface area contributed by atoms with E-state index in [4.69, 9.17) is 4.42 Å². The fourth-order valence-electron chi connectivity index (χ4n) is 1.15. The molecule has 1 rings (SSSR count). The van der Waals surface area contributed by atoms with Gasteiger partial charge in [-0.2, -0.15) is 0 Å². The summed E-state index contributed by atoms with van der Waals surface area (Å²) in [6, 6.07) is 0.383. The molecule has 1 heterocycles. The minimum Gasteiger partial charge on any atom is -0.407 e. The Balaban J connectivity index is 2.32. The number of rotatable bonds is 7. The molecule has 1 aromatic rings. The van der Waals surface area contributed by atoms with Crippen molar-refractivity contribution in [2.45, 2.75) is 39.8 Å². The molecular formula is C11H22N4O2S. The third-order valence-electron chi connectivity index (χ3n) is 2.16. The summed E-state index contributed by atoms with van der Waals surface area (Å²) >= 11 is 0. The smallest absolute Gasteiger partial charge is 0.315 e. The molecule has 2 N–H and O–H groups in total. The Labute approximate surface area is 110 Å². The van der Waals surface area contributed by atoms with E-state index in [-0.39, 0.29) is 5.54 Å². The molecule has 0 aliphatic rings. The Morgan fingerprint density at radius 1 is 1.33 bits per heavy atom. The van der Waals surface area contributed by atoms with Gasteiger partial charge in [0.1, 0.15) is 0 Å². The van der Waals surface area contributed by atoms with Gasteiger partial charge in [0.15, 0.2) is 0 Å². The first-order valence-electron chi connectivity index (χ1n) is 6.07. The van der Waals surface area contributed by atoms with Crippen LogP contribution in [0.15, 0.2) is 4.42 Å². The van der Waals surface area contributed by atoms with Crippen LogP contribution in [0, 0.1) is 0 Å². The zero-order chi connectivity index (χ0) is 13.6. The summed E-state index contributed by atoms with van der Waals surface area (Å²) in [6.07, 6.45) is 0. The number of hydrogen-bond acceptors (Lipinski definition) is 6. The maximum absolute atomic E-state index is 11.2. The van der Waals surface area contributed by atoms with Gasteiger partial charge in [-0.3, -0.25) is 4.21 Å². The molecule has 0 radical (unpaired) electrons. The van der Waals surface area contributed by atoms with Crippen LogP contribution in [0.3, 0.4) is 0 Å². The van der Waals surface area contributed by atoms with E-state index in [9.17, 15) is 4.21 Å². The first-order valence-corrected chi connectivity index (χ1v) is 7.56. The monoisotopic (exact) mass is 274 g/mol. The van der Waals surface area contributed by atoms with Crippen LogP contribution in [0.2, 0.25) is 0 Å². The Morgan fingerprint density at radius 3 is 2.67 bits per heavy atom. The molecule has 0 saturated carbocycles. The van der Waals surface area contributed by atoms with Crippen LogP contribution < -0.4 is 10.6 Å². The topological polar surface area (TPSA) is 80.0 Å². The van der Waals surface area contributed by atoms with Crippen LogP contribution in [-0.2, 0) is 17.3 Å². The number of aromatic nitrogens is 2. The molecule has 0 aliphatic carbocycles. The Bertz CT molecular complexity index is 387. The molecule has 104 valence electrons. The molecule has 1 atom stereocenters. The third-order valence-corrected chi connectivity index (χ3v) is 3.47. The van der Waals surface area contributed by atoms with E-state index in [1.807, 2.05) is 6.92 Å². The van der Waals surface area contributed by atoms with Gasteiger partial charge >= 0.3 is 6.01 Å². The molecule has 0 aromatic carbocycles. The maximum atomic E-state index is 11.2. The average Bonchev–Trinajstić information content (AvgIpc) is 2.73. The van der Waals surface area contributed by atoms with Crippen molar-refractivity contribution >= 4 is 16.8 Å². The molecule has 6 nitrogen and oxygen atoms in total. The van der Waals surface area contributed by atoms with Crippen LogP contribution in [0.5, 0.6) is 0 Å². The Kier molecular flexibility index (Phi) is 5.74. The number of anilines is 1. The lowest BCUT2D eigenvalue weighted by Crippen LogP contribution is -2.35. The van der Waals surface area contributed by atoms with E-state index in [0.717, 1.165) is 0 Å². The van der Waals surface area contributed by atoms with E-state index in [0.29, 0.717) is 36.5 Å². The maximum Gasteiger partial charge on any atom is 0.315 e. The molecule has 18 heavy (non-hydrogen) atoms. The zero-order valence-electron chi connectivity index (χ0n) is 11.4.